The number of anilines is 1. The van der Waals surface area contributed by atoms with Crippen LogP contribution in [0.4, 0.5) is 18.9 Å². The SMILES string of the molecule is Br.O=C(Nc1ccc(C2=CSC3=NCCN23)cc1)C(F)(F)F. The Morgan fingerprint density at radius 1 is 1.27 bits per heavy atom. The van der Waals surface area contributed by atoms with Crippen LogP contribution in [0.2, 0.25) is 0 Å². The minimum atomic E-state index is -4.88. The Morgan fingerprint density at radius 2 is 1.95 bits per heavy atom. The van der Waals surface area contributed by atoms with E-state index in [0.29, 0.717) is 0 Å². The third-order valence-corrected chi connectivity index (χ3v) is 3.97. The van der Waals surface area contributed by atoms with Crippen LogP contribution in [0.25, 0.3) is 5.70 Å². The molecule has 0 unspecified atom stereocenters. The zero-order valence-electron chi connectivity index (χ0n) is 11.1. The van der Waals surface area contributed by atoms with Crippen LogP contribution in [0, 0.1) is 0 Å². The van der Waals surface area contributed by atoms with Crippen molar-refractivity contribution >= 4 is 51.2 Å². The fraction of sp³-hybridized carbons (Fsp3) is 0.231. The summed E-state index contributed by atoms with van der Waals surface area (Å²) in [5, 5.41) is 4.72. The van der Waals surface area contributed by atoms with Gasteiger partial charge in [-0.05, 0) is 17.7 Å². The van der Waals surface area contributed by atoms with Gasteiger partial charge in [-0.1, -0.05) is 23.9 Å². The van der Waals surface area contributed by atoms with Gasteiger partial charge in [0.15, 0.2) is 5.17 Å². The van der Waals surface area contributed by atoms with Gasteiger partial charge >= 0.3 is 12.1 Å². The van der Waals surface area contributed by atoms with E-state index in [4.69, 9.17) is 0 Å². The van der Waals surface area contributed by atoms with Crippen molar-refractivity contribution in [3.8, 4) is 0 Å². The predicted octanol–water partition coefficient (Wildman–Crippen LogP) is 3.48. The summed E-state index contributed by atoms with van der Waals surface area (Å²) in [5.74, 6) is -1.97. The summed E-state index contributed by atoms with van der Waals surface area (Å²) in [5.41, 5.74) is 1.96. The maximum absolute atomic E-state index is 12.2. The highest BCUT2D eigenvalue weighted by Gasteiger charge is 2.38. The predicted molar refractivity (Wildman–Crippen MR) is 86.0 cm³/mol. The lowest BCUT2D eigenvalue weighted by atomic mass is 10.1. The molecule has 0 radical (unpaired) electrons. The molecule has 0 saturated carbocycles. The number of fused-ring (bicyclic) bond motifs is 1. The van der Waals surface area contributed by atoms with Crippen LogP contribution in [0.3, 0.4) is 0 Å². The molecule has 0 bridgehead atoms. The number of amidine groups is 1. The summed E-state index contributed by atoms with van der Waals surface area (Å²) in [6.45, 7) is 1.56. The molecule has 0 spiro atoms. The van der Waals surface area contributed by atoms with Crippen LogP contribution in [0.1, 0.15) is 5.56 Å². The third kappa shape index (κ3) is 3.30. The van der Waals surface area contributed by atoms with E-state index in [-0.39, 0.29) is 22.7 Å². The number of rotatable bonds is 2. The topological polar surface area (TPSA) is 44.7 Å². The van der Waals surface area contributed by atoms with Crippen molar-refractivity contribution < 1.29 is 18.0 Å². The summed E-state index contributed by atoms with van der Waals surface area (Å²) < 4.78 is 36.5. The minimum absolute atomic E-state index is 0. The highest BCUT2D eigenvalue weighted by atomic mass is 79.9. The van der Waals surface area contributed by atoms with Gasteiger partial charge in [-0.15, -0.1) is 17.0 Å². The van der Waals surface area contributed by atoms with Crippen LogP contribution in [0.15, 0.2) is 34.7 Å². The molecule has 1 N–H and O–H groups in total. The number of hydrogen-bond acceptors (Lipinski definition) is 4. The molecular formula is C13H11BrF3N3OS. The molecule has 0 fully saturated rings. The summed E-state index contributed by atoms with van der Waals surface area (Å²) in [6.07, 6.45) is -4.88. The van der Waals surface area contributed by atoms with Gasteiger partial charge in [-0.25, -0.2) is 0 Å². The number of aliphatic imine (C=N–C) groups is 1. The molecule has 0 saturated heterocycles. The highest BCUT2D eigenvalue weighted by molar-refractivity contribution is 8.93. The molecule has 1 aromatic rings. The Hall–Kier alpha value is -1.48. The molecule has 22 heavy (non-hydrogen) atoms. The van der Waals surface area contributed by atoms with Gasteiger partial charge < -0.3 is 10.2 Å². The third-order valence-electron chi connectivity index (χ3n) is 3.06. The van der Waals surface area contributed by atoms with Gasteiger partial charge in [0, 0.05) is 17.6 Å². The highest BCUT2D eigenvalue weighted by Crippen LogP contribution is 2.35. The van der Waals surface area contributed by atoms with Crippen molar-refractivity contribution in [2.24, 2.45) is 4.99 Å². The molecule has 2 heterocycles. The first-order chi connectivity index (χ1) is 9.95. The standard InChI is InChI=1S/C13H10F3N3OS.BrH/c14-13(15,16)11(20)18-9-3-1-8(2-4-9)10-7-21-12-17-5-6-19(10)12;/h1-4,7H,5-6H2,(H,18,20);1H. The summed E-state index contributed by atoms with van der Waals surface area (Å²) in [4.78, 5) is 17.2. The average molecular weight is 394 g/mol. The zero-order chi connectivity index (χ0) is 15.0. The summed E-state index contributed by atoms with van der Waals surface area (Å²) in [6, 6.07) is 6.27. The molecule has 9 heteroatoms. The molecule has 3 rings (SSSR count). The summed E-state index contributed by atoms with van der Waals surface area (Å²) >= 11 is 1.53. The second-order valence-corrected chi connectivity index (χ2v) is 5.30. The Balaban J connectivity index is 0.00000176. The Bertz CT molecular complexity index is 643. The van der Waals surface area contributed by atoms with Crippen LogP contribution in [-0.2, 0) is 4.79 Å². The fourth-order valence-electron chi connectivity index (χ4n) is 2.07. The van der Waals surface area contributed by atoms with E-state index in [0.717, 1.165) is 29.5 Å². The molecule has 2 aliphatic heterocycles. The molecule has 4 nitrogen and oxygen atoms in total. The second-order valence-electron chi connectivity index (χ2n) is 4.47. The molecule has 0 aliphatic carbocycles. The number of thioether (sulfide) groups is 1. The van der Waals surface area contributed by atoms with Gasteiger partial charge in [-0.3, -0.25) is 9.79 Å². The maximum Gasteiger partial charge on any atom is 0.471 e. The van der Waals surface area contributed by atoms with E-state index >= 15 is 0 Å². The van der Waals surface area contributed by atoms with Gasteiger partial charge in [0.2, 0.25) is 0 Å². The smallest absolute Gasteiger partial charge is 0.318 e. The minimum Gasteiger partial charge on any atom is -0.318 e. The van der Waals surface area contributed by atoms with Gasteiger partial charge in [-0.2, -0.15) is 13.2 Å². The number of carbonyl (C=O) groups is 1. The first-order valence-electron chi connectivity index (χ1n) is 6.12. The molecule has 1 amide bonds. The largest absolute Gasteiger partial charge is 0.471 e. The van der Waals surface area contributed by atoms with Crippen molar-refractivity contribution in [1.29, 1.82) is 0 Å². The van der Waals surface area contributed by atoms with E-state index in [1.54, 1.807) is 12.1 Å². The van der Waals surface area contributed by atoms with E-state index in [2.05, 4.69) is 9.89 Å². The van der Waals surface area contributed by atoms with Crippen molar-refractivity contribution in [2.75, 3.05) is 18.4 Å². The number of nitrogens with one attached hydrogen (secondary N) is 1. The van der Waals surface area contributed by atoms with Gasteiger partial charge in [0.05, 0.1) is 12.2 Å². The number of alkyl halides is 3. The number of amides is 1. The van der Waals surface area contributed by atoms with Gasteiger partial charge in [0.1, 0.15) is 0 Å². The van der Waals surface area contributed by atoms with Crippen LogP contribution < -0.4 is 5.32 Å². The molecule has 118 valence electrons. The van der Waals surface area contributed by atoms with Crippen LogP contribution >= 0.6 is 28.7 Å². The average Bonchev–Trinajstić information content (AvgIpc) is 3.01. The quantitative estimate of drug-likeness (QED) is 0.836. The van der Waals surface area contributed by atoms with Gasteiger partial charge in [0.25, 0.3) is 0 Å². The van der Waals surface area contributed by atoms with Crippen molar-refractivity contribution in [3.05, 3.63) is 35.2 Å². The number of nitrogens with zero attached hydrogens (tertiary/aromatic N) is 2. The Morgan fingerprint density at radius 3 is 2.59 bits per heavy atom. The van der Waals surface area contributed by atoms with E-state index in [1.807, 2.05) is 10.7 Å². The molecular weight excluding hydrogens is 383 g/mol. The first-order valence-corrected chi connectivity index (χ1v) is 7.00. The number of carbonyl (C=O) groups excluding carboxylic acids is 1. The van der Waals surface area contributed by atoms with E-state index < -0.39 is 12.1 Å². The monoisotopic (exact) mass is 393 g/mol. The van der Waals surface area contributed by atoms with Crippen molar-refractivity contribution in [3.63, 3.8) is 0 Å². The molecule has 0 aromatic heterocycles. The van der Waals surface area contributed by atoms with Crippen LogP contribution in [-0.4, -0.2) is 35.2 Å². The van der Waals surface area contributed by atoms with Crippen LogP contribution in [0.5, 0.6) is 0 Å². The second kappa shape index (κ2) is 6.33. The Labute approximate surface area is 139 Å². The number of benzene rings is 1. The van der Waals surface area contributed by atoms with Crippen molar-refractivity contribution in [1.82, 2.24) is 4.90 Å². The maximum atomic E-state index is 12.2. The molecule has 0 atom stereocenters. The first kappa shape index (κ1) is 16.9. The molecule has 1 aromatic carbocycles. The molecule has 2 aliphatic rings. The summed E-state index contributed by atoms with van der Waals surface area (Å²) in [7, 11) is 0. The van der Waals surface area contributed by atoms with E-state index in [9.17, 15) is 18.0 Å². The van der Waals surface area contributed by atoms with Crippen molar-refractivity contribution in [2.45, 2.75) is 6.18 Å². The fourth-order valence-corrected chi connectivity index (χ4v) is 3.04. The lowest BCUT2D eigenvalue weighted by molar-refractivity contribution is -0.167. The number of halogens is 4. The zero-order valence-corrected chi connectivity index (χ0v) is 13.6. The number of hydrogen-bond donors (Lipinski definition) is 1. The lowest BCUT2D eigenvalue weighted by Gasteiger charge is -2.17. The van der Waals surface area contributed by atoms with E-state index in [1.165, 1.54) is 23.9 Å². The lowest BCUT2D eigenvalue weighted by Crippen LogP contribution is -2.29. The Kier molecular flexibility index (Phi) is 4.86. The normalized spacial score (nSPS) is 16.6.